The van der Waals surface area contributed by atoms with Gasteiger partial charge in [0.2, 0.25) is 0 Å². The monoisotopic (exact) mass is 347 g/mol. The summed E-state index contributed by atoms with van der Waals surface area (Å²) in [7, 11) is 0. The zero-order chi connectivity index (χ0) is 15.2. The Bertz CT molecular complexity index is 710. The lowest BCUT2D eigenvalue weighted by molar-refractivity contribution is 0.102. The fraction of sp³-hybridized carbons (Fsp3) is 0.0625. The molecule has 0 heterocycles. The first-order valence-electron chi connectivity index (χ1n) is 6.03. The van der Waals surface area contributed by atoms with Gasteiger partial charge in [0.05, 0.1) is 4.47 Å². The minimum absolute atomic E-state index is 0.148. The third-order valence-electron chi connectivity index (χ3n) is 2.60. The van der Waals surface area contributed by atoms with E-state index >= 15 is 0 Å². The number of benzene rings is 2. The number of carbonyl (C=O) groups excluding carboxylic acids is 1. The predicted octanol–water partition coefficient (Wildman–Crippen LogP) is 3.85. The van der Waals surface area contributed by atoms with Gasteiger partial charge in [-0.2, -0.15) is 0 Å². The molecule has 2 aromatic rings. The summed E-state index contributed by atoms with van der Waals surface area (Å²) < 4.78 is 19.0. The maximum absolute atomic E-state index is 13.4. The molecule has 0 fully saturated rings. The summed E-state index contributed by atoms with van der Waals surface area (Å²) in [6.45, 7) is 0.148. The quantitative estimate of drug-likeness (QED) is 0.853. The zero-order valence-electron chi connectivity index (χ0n) is 10.9. The summed E-state index contributed by atoms with van der Waals surface area (Å²) in [6, 6.07) is 11.0. The van der Waals surface area contributed by atoms with Gasteiger partial charge >= 0.3 is 0 Å². The van der Waals surface area contributed by atoms with E-state index < -0.39 is 11.7 Å². The number of nitrogens with one attached hydrogen (secondary N) is 1. The Morgan fingerprint density at radius 3 is 2.86 bits per heavy atom. The molecule has 0 radical (unpaired) electrons. The molecule has 0 aliphatic heterocycles. The van der Waals surface area contributed by atoms with Gasteiger partial charge in [-0.1, -0.05) is 12.0 Å². The molecule has 0 saturated carbocycles. The third-order valence-corrected chi connectivity index (χ3v) is 3.24. The van der Waals surface area contributed by atoms with Crippen molar-refractivity contribution in [3.05, 3.63) is 58.3 Å². The topological polar surface area (TPSA) is 38.3 Å². The molecule has 0 unspecified atom stereocenters. The van der Waals surface area contributed by atoms with Crippen LogP contribution in [0.15, 0.2) is 46.9 Å². The van der Waals surface area contributed by atoms with Crippen LogP contribution in [0.2, 0.25) is 0 Å². The molecule has 5 heteroatoms. The highest BCUT2D eigenvalue weighted by Gasteiger charge is 2.09. The van der Waals surface area contributed by atoms with E-state index in [-0.39, 0.29) is 12.2 Å². The lowest BCUT2D eigenvalue weighted by Crippen LogP contribution is -2.12. The van der Waals surface area contributed by atoms with Gasteiger partial charge in [0.15, 0.2) is 0 Å². The van der Waals surface area contributed by atoms with E-state index in [4.69, 9.17) is 11.2 Å². The van der Waals surface area contributed by atoms with Gasteiger partial charge in [-0.3, -0.25) is 4.79 Å². The predicted molar refractivity (Wildman–Crippen MR) is 82.8 cm³/mol. The number of rotatable bonds is 4. The Hall–Kier alpha value is -2.32. The van der Waals surface area contributed by atoms with Crippen LogP contribution in [0.3, 0.4) is 0 Å². The van der Waals surface area contributed by atoms with Crippen molar-refractivity contribution in [1.29, 1.82) is 0 Å². The number of carbonyl (C=O) groups is 1. The number of anilines is 1. The molecule has 21 heavy (non-hydrogen) atoms. The highest BCUT2D eigenvalue weighted by Crippen LogP contribution is 2.20. The van der Waals surface area contributed by atoms with Gasteiger partial charge in [-0.15, -0.1) is 6.42 Å². The summed E-state index contributed by atoms with van der Waals surface area (Å²) >= 11 is 3.04. The fourth-order valence-corrected chi connectivity index (χ4v) is 1.88. The summed E-state index contributed by atoms with van der Waals surface area (Å²) in [6.07, 6.45) is 5.11. The van der Waals surface area contributed by atoms with Crippen LogP contribution in [0.1, 0.15) is 10.4 Å². The molecule has 0 bridgehead atoms. The largest absolute Gasteiger partial charge is 0.481 e. The minimum atomic E-state index is -0.492. The molecule has 0 aliphatic rings. The van der Waals surface area contributed by atoms with Gasteiger partial charge < -0.3 is 10.1 Å². The number of hydrogen-bond acceptors (Lipinski definition) is 2. The molecule has 2 rings (SSSR count). The molecule has 0 spiro atoms. The summed E-state index contributed by atoms with van der Waals surface area (Å²) in [5, 5.41) is 2.67. The lowest BCUT2D eigenvalue weighted by atomic mass is 10.2. The van der Waals surface area contributed by atoms with Gasteiger partial charge in [-0.05, 0) is 46.3 Å². The second-order valence-electron chi connectivity index (χ2n) is 4.10. The van der Waals surface area contributed by atoms with Crippen LogP contribution in [0.5, 0.6) is 5.75 Å². The maximum Gasteiger partial charge on any atom is 0.255 e. The summed E-state index contributed by atoms with van der Waals surface area (Å²) in [5.74, 6) is 2.01. The number of halogens is 2. The number of ether oxygens (including phenoxy) is 1. The second kappa shape index (κ2) is 6.91. The molecule has 0 aromatic heterocycles. The van der Waals surface area contributed by atoms with Crippen LogP contribution in [0.25, 0.3) is 0 Å². The molecule has 1 amide bonds. The third kappa shape index (κ3) is 4.07. The molecule has 106 valence electrons. The van der Waals surface area contributed by atoms with Crippen molar-refractivity contribution in [2.45, 2.75) is 0 Å². The molecule has 1 N–H and O–H groups in total. The van der Waals surface area contributed by atoms with Gasteiger partial charge in [0.25, 0.3) is 5.91 Å². The molecule has 0 saturated heterocycles. The lowest BCUT2D eigenvalue weighted by Gasteiger charge is -2.08. The average Bonchev–Trinajstić information content (AvgIpc) is 2.48. The molecular weight excluding hydrogens is 337 g/mol. The molecular formula is C16H11BrFNO2. The summed E-state index contributed by atoms with van der Waals surface area (Å²) in [5.41, 5.74) is 0.767. The van der Waals surface area contributed by atoms with Crippen LogP contribution in [0.4, 0.5) is 10.1 Å². The first-order chi connectivity index (χ1) is 10.1. The van der Waals surface area contributed by atoms with E-state index in [0.29, 0.717) is 15.9 Å². The summed E-state index contributed by atoms with van der Waals surface area (Å²) in [4.78, 5) is 12.0. The molecule has 2 aromatic carbocycles. The highest BCUT2D eigenvalue weighted by molar-refractivity contribution is 9.10. The fourth-order valence-electron chi connectivity index (χ4n) is 1.63. The first kappa shape index (κ1) is 15.1. The zero-order valence-corrected chi connectivity index (χ0v) is 12.5. The average molecular weight is 348 g/mol. The SMILES string of the molecule is C#CCOc1cccc(NC(=O)c2ccc(Br)c(F)c2)c1. The van der Waals surface area contributed by atoms with Crippen molar-refractivity contribution in [2.24, 2.45) is 0 Å². The number of hydrogen-bond donors (Lipinski definition) is 1. The van der Waals surface area contributed by atoms with E-state index in [0.717, 1.165) is 6.07 Å². The van der Waals surface area contributed by atoms with E-state index in [2.05, 4.69) is 27.2 Å². The second-order valence-corrected chi connectivity index (χ2v) is 4.96. The molecule has 0 aliphatic carbocycles. The van der Waals surface area contributed by atoms with Crippen LogP contribution in [-0.2, 0) is 0 Å². The Balaban J connectivity index is 2.12. The van der Waals surface area contributed by atoms with E-state index in [1.807, 2.05) is 0 Å². The van der Waals surface area contributed by atoms with Crippen molar-refractivity contribution in [3.63, 3.8) is 0 Å². The molecule has 0 atom stereocenters. The Morgan fingerprint density at radius 2 is 2.14 bits per heavy atom. The number of terminal acetylenes is 1. The van der Waals surface area contributed by atoms with Crippen LogP contribution >= 0.6 is 15.9 Å². The van der Waals surface area contributed by atoms with Crippen molar-refractivity contribution < 1.29 is 13.9 Å². The van der Waals surface area contributed by atoms with Crippen molar-refractivity contribution >= 4 is 27.5 Å². The Morgan fingerprint density at radius 1 is 1.33 bits per heavy atom. The smallest absolute Gasteiger partial charge is 0.255 e. The maximum atomic E-state index is 13.4. The van der Waals surface area contributed by atoms with Gasteiger partial charge in [-0.25, -0.2) is 4.39 Å². The number of amides is 1. The van der Waals surface area contributed by atoms with E-state index in [9.17, 15) is 9.18 Å². The van der Waals surface area contributed by atoms with Crippen molar-refractivity contribution in [2.75, 3.05) is 11.9 Å². The Kier molecular flexibility index (Phi) is 4.96. The minimum Gasteiger partial charge on any atom is -0.481 e. The van der Waals surface area contributed by atoms with Gasteiger partial charge in [0, 0.05) is 17.3 Å². The first-order valence-corrected chi connectivity index (χ1v) is 6.82. The molecule has 3 nitrogen and oxygen atoms in total. The van der Waals surface area contributed by atoms with Crippen LogP contribution in [0, 0.1) is 18.2 Å². The van der Waals surface area contributed by atoms with E-state index in [1.54, 1.807) is 24.3 Å². The van der Waals surface area contributed by atoms with Crippen LogP contribution in [-0.4, -0.2) is 12.5 Å². The van der Waals surface area contributed by atoms with E-state index in [1.165, 1.54) is 12.1 Å². The van der Waals surface area contributed by atoms with Crippen molar-refractivity contribution in [3.8, 4) is 18.1 Å². The highest BCUT2D eigenvalue weighted by atomic mass is 79.9. The Labute approximate surface area is 130 Å². The standard InChI is InChI=1S/C16H11BrFNO2/c1-2-8-21-13-5-3-4-12(10-13)19-16(20)11-6-7-14(17)15(18)9-11/h1,3-7,9-10H,8H2,(H,19,20). The van der Waals surface area contributed by atoms with Gasteiger partial charge in [0.1, 0.15) is 18.2 Å². The van der Waals surface area contributed by atoms with Crippen molar-refractivity contribution in [1.82, 2.24) is 0 Å². The van der Waals surface area contributed by atoms with Crippen LogP contribution < -0.4 is 10.1 Å². The normalized spacial score (nSPS) is 9.76.